The van der Waals surface area contributed by atoms with Crippen LogP contribution in [0.1, 0.15) is 27.0 Å². The van der Waals surface area contributed by atoms with Crippen LogP contribution >= 0.6 is 0 Å². The normalized spacial score (nSPS) is 10.5. The molecule has 0 aliphatic rings. The van der Waals surface area contributed by atoms with Crippen molar-refractivity contribution in [3.63, 3.8) is 0 Å². The van der Waals surface area contributed by atoms with E-state index in [0.717, 1.165) is 22.4 Å². The molecule has 0 fully saturated rings. The Hall–Kier alpha value is -3.14. The summed E-state index contributed by atoms with van der Waals surface area (Å²) >= 11 is 0. The first-order valence-electron chi connectivity index (χ1n) is 8.15. The monoisotopic (exact) mass is 332 g/mol. The minimum absolute atomic E-state index is 0.133. The molecule has 126 valence electrons. The minimum atomic E-state index is -0.230. The Balaban J connectivity index is 1.83. The Labute approximate surface area is 146 Å². The molecule has 0 aliphatic heterocycles. The lowest BCUT2D eigenvalue weighted by molar-refractivity contribution is 0.102. The highest BCUT2D eigenvalue weighted by Gasteiger charge is 2.09. The van der Waals surface area contributed by atoms with Crippen molar-refractivity contribution >= 4 is 11.6 Å². The molecule has 0 saturated carbocycles. The lowest BCUT2D eigenvalue weighted by Gasteiger charge is -2.10. The fourth-order valence-electron chi connectivity index (χ4n) is 2.82. The highest BCUT2D eigenvalue weighted by atomic mass is 16.2. The number of nitrogens with zero attached hydrogens (tertiary/aromatic N) is 1. The maximum atomic E-state index is 12.5. The molecule has 0 radical (unpaired) electrons. The maximum absolute atomic E-state index is 12.5. The molecule has 0 saturated heterocycles. The van der Waals surface area contributed by atoms with Gasteiger partial charge in [-0.3, -0.25) is 9.59 Å². The summed E-state index contributed by atoms with van der Waals surface area (Å²) in [4.78, 5) is 24.6. The predicted octanol–water partition coefficient (Wildman–Crippen LogP) is 3.77. The third-order valence-electron chi connectivity index (χ3n) is 3.92. The second-order valence-corrected chi connectivity index (χ2v) is 6.20. The van der Waals surface area contributed by atoms with Crippen LogP contribution < -0.4 is 10.9 Å². The van der Waals surface area contributed by atoms with Gasteiger partial charge in [-0.25, -0.2) is 0 Å². The number of nitrogens with one attached hydrogen (secondary N) is 1. The summed E-state index contributed by atoms with van der Waals surface area (Å²) in [5.41, 5.74) is 4.26. The first kappa shape index (κ1) is 16.7. The molecule has 0 atom stereocenters. The summed E-state index contributed by atoms with van der Waals surface area (Å²) in [7, 11) is 0. The van der Waals surface area contributed by atoms with Gasteiger partial charge in [0, 0.05) is 18.0 Å². The molecule has 3 rings (SSSR count). The van der Waals surface area contributed by atoms with E-state index >= 15 is 0 Å². The Kier molecular flexibility index (Phi) is 4.80. The molecule has 1 N–H and O–H groups in total. The largest absolute Gasteiger partial charge is 0.322 e. The van der Waals surface area contributed by atoms with E-state index in [-0.39, 0.29) is 11.5 Å². The van der Waals surface area contributed by atoms with Gasteiger partial charge in [0.1, 0.15) is 0 Å². The van der Waals surface area contributed by atoms with Gasteiger partial charge in [-0.2, -0.15) is 0 Å². The van der Waals surface area contributed by atoms with Crippen molar-refractivity contribution in [2.45, 2.75) is 20.4 Å². The number of aromatic nitrogens is 1. The summed E-state index contributed by atoms with van der Waals surface area (Å²) < 4.78 is 1.55. The first-order chi connectivity index (χ1) is 12.0. The molecule has 4 heteroatoms. The van der Waals surface area contributed by atoms with Crippen molar-refractivity contribution in [3.05, 3.63) is 99.5 Å². The van der Waals surface area contributed by atoms with Crippen molar-refractivity contribution in [1.82, 2.24) is 4.57 Å². The Morgan fingerprint density at radius 3 is 2.32 bits per heavy atom. The fourth-order valence-corrected chi connectivity index (χ4v) is 2.82. The van der Waals surface area contributed by atoms with E-state index < -0.39 is 0 Å². The molecule has 0 unspecified atom stereocenters. The lowest BCUT2D eigenvalue weighted by atomic mass is 10.1. The predicted molar refractivity (Wildman–Crippen MR) is 100 cm³/mol. The molecule has 4 nitrogen and oxygen atoms in total. The van der Waals surface area contributed by atoms with E-state index in [1.54, 1.807) is 16.8 Å². The number of pyridine rings is 1. The number of amides is 1. The van der Waals surface area contributed by atoms with Crippen LogP contribution in [0, 0.1) is 13.8 Å². The van der Waals surface area contributed by atoms with Gasteiger partial charge in [0.15, 0.2) is 0 Å². The van der Waals surface area contributed by atoms with E-state index in [0.29, 0.717) is 12.1 Å². The Morgan fingerprint density at radius 2 is 1.64 bits per heavy atom. The summed E-state index contributed by atoms with van der Waals surface area (Å²) in [5.74, 6) is -0.230. The molecular formula is C21H20N2O2. The fraction of sp³-hybridized carbons (Fsp3) is 0.143. The standard InChI is InChI=1S/C21H20N2O2/c1-15-10-16(2)12-19(11-15)22-21(25)18-8-9-20(24)23(14-18)13-17-6-4-3-5-7-17/h3-12,14H,13H2,1-2H3,(H,22,25). The van der Waals surface area contributed by atoms with Crippen molar-refractivity contribution < 1.29 is 4.79 Å². The van der Waals surface area contributed by atoms with Crippen LogP contribution in [0.2, 0.25) is 0 Å². The lowest BCUT2D eigenvalue weighted by Crippen LogP contribution is -2.22. The average molecular weight is 332 g/mol. The van der Waals surface area contributed by atoms with Crippen LogP contribution in [0.4, 0.5) is 5.69 Å². The van der Waals surface area contributed by atoms with Gasteiger partial charge < -0.3 is 9.88 Å². The maximum Gasteiger partial charge on any atom is 0.257 e. The van der Waals surface area contributed by atoms with Crippen molar-refractivity contribution in [3.8, 4) is 0 Å². The highest BCUT2D eigenvalue weighted by molar-refractivity contribution is 6.04. The molecule has 0 bridgehead atoms. The van der Waals surface area contributed by atoms with Gasteiger partial charge in [0.05, 0.1) is 12.1 Å². The quantitative estimate of drug-likeness (QED) is 0.791. The van der Waals surface area contributed by atoms with E-state index in [9.17, 15) is 9.59 Å². The number of hydrogen-bond donors (Lipinski definition) is 1. The molecular weight excluding hydrogens is 312 g/mol. The van der Waals surface area contributed by atoms with Crippen molar-refractivity contribution in [2.75, 3.05) is 5.32 Å². The van der Waals surface area contributed by atoms with Crippen LogP contribution in [0.3, 0.4) is 0 Å². The summed E-state index contributed by atoms with van der Waals surface area (Å²) in [6.45, 7) is 4.41. The molecule has 25 heavy (non-hydrogen) atoms. The van der Waals surface area contributed by atoms with Crippen molar-refractivity contribution in [1.29, 1.82) is 0 Å². The first-order valence-corrected chi connectivity index (χ1v) is 8.15. The average Bonchev–Trinajstić information content (AvgIpc) is 2.57. The third kappa shape index (κ3) is 4.23. The summed E-state index contributed by atoms with van der Waals surface area (Å²) in [5, 5.41) is 2.90. The zero-order valence-corrected chi connectivity index (χ0v) is 14.3. The van der Waals surface area contributed by atoms with Gasteiger partial charge in [-0.05, 0) is 48.7 Å². The second kappa shape index (κ2) is 7.18. The topological polar surface area (TPSA) is 51.1 Å². The molecule has 1 amide bonds. The summed E-state index contributed by atoms with van der Waals surface area (Å²) in [6.07, 6.45) is 1.60. The van der Waals surface area contributed by atoms with Crippen LogP contribution in [-0.2, 0) is 6.54 Å². The van der Waals surface area contributed by atoms with Crippen LogP contribution in [0.15, 0.2) is 71.7 Å². The molecule has 1 aromatic heterocycles. The van der Waals surface area contributed by atoms with Crippen LogP contribution in [-0.4, -0.2) is 10.5 Å². The number of anilines is 1. The number of hydrogen-bond acceptors (Lipinski definition) is 2. The van der Waals surface area contributed by atoms with Gasteiger partial charge >= 0.3 is 0 Å². The van der Waals surface area contributed by atoms with Crippen LogP contribution in [0.25, 0.3) is 0 Å². The van der Waals surface area contributed by atoms with E-state index in [4.69, 9.17) is 0 Å². The molecule has 1 heterocycles. The SMILES string of the molecule is Cc1cc(C)cc(NC(=O)c2ccc(=O)n(Cc3ccccc3)c2)c1. The number of benzene rings is 2. The minimum Gasteiger partial charge on any atom is -0.322 e. The van der Waals surface area contributed by atoms with E-state index in [1.807, 2.05) is 56.3 Å². The van der Waals surface area contributed by atoms with Gasteiger partial charge in [0.2, 0.25) is 0 Å². The van der Waals surface area contributed by atoms with Gasteiger partial charge in [0.25, 0.3) is 11.5 Å². The zero-order chi connectivity index (χ0) is 17.8. The number of carbonyl (C=O) groups is 1. The summed E-state index contributed by atoms with van der Waals surface area (Å²) in [6, 6.07) is 18.6. The molecule has 3 aromatic rings. The number of carbonyl (C=O) groups excluding carboxylic acids is 1. The van der Waals surface area contributed by atoms with E-state index in [1.165, 1.54) is 6.07 Å². The van der Waals surface area contributed by atoms with E-state index in [2.05, 4.69) is 11.4 Å². The highest BCUT2D eigenvalue weighted by Crippen LogP contribution is 2.15. The number of rotatable bonds is 4. The van der Waals surface area contributed by atoms with Gasteiger partial charge in [-0.1, -0.05) is 36.4 Å². The smallest absolute Gasteiger partial charge is 0.257 e. The molecule has 0 aliphatic carbocycles. The number of aryl methyl sites for hydroxylation is 2. The second-order valence-electron chi connectivity index (χ2n) is 6.20. The molecule has 0 spiro atoms. The Bertz CT molecular complexity index is 939. The van der Waals surface area contributed by atoms with Crippen LogP contribution in [0.5, 0.6) is 0 Å². The van der Waals surface area contributed by atoms with Crippen molar-refractivity contribution in [2.24, 2.45) is 0 Å². The van der Waals surface area contributed by atoms with Gasteiger partial charge in [-0.15, -0.1) is 0 Å². The Morgan fingerprint density at radius 1 is 0.960 bits per heavy atom. The zero-order valence-electron chi connectivity index (χ0n) is 14.3. The third-order valence-corrected chi connectivity index (χ3v) is 3.92. The molecule has 2 aromatic carbocycles.